The van der Waals surface area contributed by atoms with E-state index in [1.54, 1.807) is 0 Å². The van der Waals surface area contributed by atoms with Gasteiger partial charge in [0.1, 0.15) is 0 Å². The molecule has 0 spiro atoms. The Bertz CT molecular complexity index is 1030. The minimum absolute atomic E-state index is 0.309. The second-order valence-corrected chi connectivity index (χ2v) is 7.53. The smallest absolute Gasteiger partial charge is 0.0678 e. The quantitative estimate of drug-likeness (QED) is 0.469. The number of benzene rings is 4. The van der Waals surface area contributed by atoms with E-state index in [-0.39, 0.29) is 0 Å². The fourth-order valence-electron chi connectivity index (χ4n) is 4.59. The van der Waals surface area contributed by atoms with Gasteiger partial charge in [-0.15, -0.1) is 0 Å². The lowest BCUT2D eigenvalue weighted by Crippen LogP contribution is -2.44. The van der Waals surface area contributed by atoms with Gasteiger partial charge in [-0.05, 0) is 51.7 Å². The first-order chi connectivity index (χ1) is 12.2. The average molecular weight is 329 g/mol. The molecule has 0 saturated carbocycles. The molecule has 1 aliphatic rings. The zero-order valence-electron chi connectivity index (χ0n) is 14.8. The number of hydrogen-bond donors (Lipinski definition) is 0. The highest BCUT2D eigenvalue weighted by atomic mass is 16.5. The Labute approximate surface area is 148 Å². The maximum atomic E-state index is 5.89. The van der Waals surface area contributed by atoms with E-state index in [0.717, 1.165) is 19.6 Å². The number of nitrogens with zero attached hydrogens (tertiary/aromatic N) is 1. The van der Waals surface area contributed by atoms with Crippen LogP contribution < -0.4 is 0 Å². The van der Waals surface area contributed by atoms with Crippen molar-refractivity contribution in [1.29, 1.82) is 0 Å². The molecule has 2 nitrogen and oxygen atoms in total. The third kappa shape index (κ3) is 2.48. The van der Waals surface area contributed by atoms with E-state index in [4.69, 9.17) is 4.74 Å². The molecule has 1 heterocycles. The molecule has 0 N–H and O–H groups in total. The van der Waals surface area contributed by atoms with Gasteiger partial charge in [-0.25, -0.2) is 0 Å². The van der Waals surface area contributed by atoms with Gasteiger partial charge in [0, 0.05) is 19.6 Å². The molecule has 1 saturated heterocycles. The Hall–Kier alpha value is -2.16. The first-order valence-electron chi connectivity index (χ1n) is 9.22. The van der Waals surface area contributed by atoms with Gasteiger partial charge in [-0.1, -0.05) is 54.6 Å². The molecule has 2 atom stereocenters. The lowest BCUT2D eigenvalue weighted by molar-refractivity contribution is -0.0703. The average Bonchev–Trinajstić information content (AvgIpc) is 2.60. The maximum absolute atomic E-state index is 5.89. The summed E-state index contributed by atoms with van der Waals surface area (Å²) in [5, 5.41) is 8.23. The van der Waals surface area contributed by atoms with Gasteiger partial charge in [0.25, 0.3) is 0 Å². The predicted molar refractivity (Wildman–Crippen MR) is 105 cm³/mol. The number of hydrogen-bond acceptors (Lipinski definition) is 2. The molecule has 2 heteroatoms. The molecule has 0 amide bonds. The summed E-state index contributed by atoms with van der Waals surface area (Å²) in [5.41, 5.74) is 1.42. The zero-order chi connectivity index (χ0) is 17.0. The van der Waals surface area contributed by atoms with Crippen molar-refractivity contribution < 1.29 is 4.74 Å². The fraction of sp³-hybridized carbons (Fsp3) is 0.304. The molecule has 0 aliphatic carbocycles. The molecule has 0 radical (unpaired) electrons. The van der Waals surface area contributed by atoms with Crippen LogP contribution in [-0.2, 0) is 11.3 Å². The summed E-state index contributed by atoms with van der Waals surface area (Å²) in [4.78, 5) is 2.53. The highest BCUT2D eigenvalue weighted by Gasteiger charge is 2.22. The molecule has 0 bridgehead atoms. The van der Waals surface area contributed by atoms with Crippen molar-refractivity contribution in [3.63, 3.8) is 0 Å². The van der Waals surface area contributed by atoms with Gasteiger partial charge in [0.05, 0.1) is 12.2 Å². The Morgan fingerprint density at radius 2 is 1.40 bits per heavy atom. The monoisotopic (exact) mass is 329 g/mol. The Kier molecular flexibility index (Phi) is 3.44. The van der Waals surface area contributed by atoms with E-state index in [1.165, 1.54) is 37.9 Å². The van der Waals surface area contributed by atoms with Gasteiger partial charge in [-0.3, -0.25) is 4.90 Å². The van der Waals surface area contributed by atoms with Crippen molar-refractivity contribution in [2.45, 2.75) is 32.6 Å². The largest absolute Gasteiger partial charge is 0.373 e. The third-order valence-corrected chi connectivity index (χ3v) is 5.51. The van der Waals surface area contributed by atoms with E-state index in [9.17, 15) is 0 Å². The van der Waals surface area contributed by atoms with Crippen LogP contribution in [0.2, 0.25) is 0 Å². The van der Waals surface area contributed by atoms with Crippen molar-refractivity contribution in [2.75, 3.05) is 13.1 Å². The summed E-state index contributed by atoms with van der Waals surface area (Å²) >= 11 is 0. The Morgan fingerprint density at radius 1 is 0.800 bits per heavy atom. The van der Waals surface area contributed by atoms with Crippen LogP contribution in [0.1, 0.15) is 19.4 Å². The molecular weight excluding hydrogens is 306 g/mol. The van der Waals surface area contributed by atoms with Crippen molar-refractivity contribution >= 4 is 32.3 Å². The highest BCUT2D eigenvalue weighted by molar-refractivity contribution is 6.23. The molecule has 4 aromatic rings. The molecule has 0 unspecified atom stereocenters. The molecule has 0 aromatic heterocycles. The molecule has 5 rings (SSSR count). The van der Waals surface area contributed by atoms with Crippen molar-refractivity contribution in [3.05, 3.63) is 60.2 Å². The van der Waals surface area contributed by atoms with Crippen LogP contribution in [0.15, 0.2) is 54.6 Å². The lowest BCUT2D eigenvalue weighted by Gasteiger charge is -2.35. The van der Waals surface area contributed by atoms with Crippen LogP contribution in [-0.4, -0.2) is 30.2 Å². The SMILES string of the molecule is C[C@@H]1CN(Cc2ccc3ccc4cccc5ccc2c3c45)C[C@@H](C)O1. The van der Waals surface area contributed by atoms with Gasteiger partial charge in [-0.2, -0.15) is 0 Å². The number of ether oxygens (including phenoxy) is 1. The summed E-state index contributed by atoms with van der Waals surface area (Å²) in [6.07, 6.45) is 0.618. The van der Waals surface area contributed by atoms with Gasteiger partial charge < -0.3 is 4.74 Å². The van der Waals surface area contributed by atoms with Crippen molar-refractivity contribution in [3.8, 4) is 0 Å². The van der Waals surface area contributed by atoms with Crippen LogP contribution in [0.4, 0.5) is 0 Å². The van der Waals surface area contributed by atoms with Gasteiger partial charge in [0.2, 0.25) is 0 Å². The minimum atomic E-state index is 0.309. The predicted octanol–water partition coefficient (Wildman–Crippen LogP) is 5.19. The van der Waals surface area contributed by atoms with Crippen LogP contribution in [0.3, 0.4) is 0 Å². The maximum Gasteiger partial charge on any atom is 0.0678 e. The molecule has 4 aromatic carbocycles. The second kappa shape index (κ2) is 5.69. The second-order valence-electron chi connectivity index (χ2n) is 7.53. The van der Waals surface area contributed by atoms with E-state index in [2.05, 4.69) is 73.3 Å². The van der Waals surface area contributed by atoms with E-state index in [1.807, 2.05) is 0 Å². The molecule has 1 fully saturated rings. The van der Waals surface area contributed by atoms with Crippen LogP contribution in [0.25, 0.3) is 32.3 Å². The normalized spacial score (nSPS) is 22.3. The summed E-state index contributed by atoms with van der Waals surface area (Å²) in [7, 11) is 0. The summed E-state index contributed by atoms with van der Waals surface area (Å²) < 4.78 is 5.89. The van der Waals surface area contributed by atoms with Gasteiger partial charge >= 0.3 is 0 Å². The molecule has 126 valence electrons. The third-order valence-electron chi connectivity index (χ3n) is 5.51. The van der Waals surface area contributed by atoms with Crippen LogP contribution in [0, 0.1) is 0 Å². The van der Waals surface area contributed by atoms with Gasteiger partial charge in [0.15, 0.2) is 0 Å². The van der Waals surface area contributed by atoms with Crippen molar-refractivity contribution in [2.24, 2.45) is 0 Å². The summed E-state index contributed by atoms with van der Waals surface area (Å²) in [5.74, 6) is 0. The summed E-state index contributed by atoms with van der Waals surface area (Å²) in [6.45, 7) is 7.35. The zero-order valence-corrected chi connectivity index (χ0v) is 14.8. The topological polar surface area (TPSA) is 12.5 Å². The van der Waals surface area contributed by atoms with Crippen LogP contribution >= 0.6 is 0 Å². The van der Waals surface area contributed by atoms with Crippen LogP contribution in [0.5, 0.6) is 0 Å². The lowest BCUT2D eigenvalue weighted by atomic mass is 9.92. The highest BCUT2D eigenvalue weighted by Crippen LogP contribution is 2.36. The summed E-state index contributed by atoms with van der Waals surface area (Å²) in [6, 6.07) is 20.3. The fourth-order valence-corrected chi connectivity index (χ4v) is 4.59. The van der Waals surface area contributed by atoms with E-state index < -0.39 is 0 Å². The Balaban J connectivity index is 1.66. The molecule has 25 heavy (non-hydrogen) atoms. The van der Waals surface area contributed by atoms with Crippen molar-refractivity contribution in [1.82, 2.24) is 4.90 Å². The number of morpholine rings is 1. The standard InChI is InChI=1S/C23H23NO/c1-15-12-24(13-16(2)25-15)14-20-9-8-19-7-6-17-4-3-5-18-10-11-21(20)23(19)22(17)18/h3-11,15-16H,12-14H2,1-2H3/t15-,16-/m1/s1. The first kappa shape index (κ1) is 15.1. The molecular formula is C23H23NO. The first-order valence-corrected chi connectivity index (χ1v) is 9.22. The molecule has 1 aliphatic heterocycles. The van der Waals surface area contributed by atoms with E-state index >= 15 is 0 Å². The Morgan fingerprint density at radius 3 is 2.12 bits per heavy atom. The van der Waals surface area contributed by atoms with E-state index in [0.29, 0.717) is 12.2 Å². The number of rotatable bonds is 2. The minimum Gasteiger partial charge on any atom is -0.373 e.